The first-order valence-electron chi connectivity index (χ1n) is 9.13. The van der Waals surface area contributed by atoms with E-state index in [2.05, 4.69) is 20.4 Å². The van der Waals surface area contributed by atoms with Gasteiger partial charge in [0.1, 0.15) is 0 Å². The number of allylic oxidation sites excluding steroid dienone is 1. The molecule has 1 rings (SSSR count). The lowest BCUT2D eigenvalue weighted by Crippen LogP contribution is -2.41. The fourth-order valence-corrected chi connectivity index (χ4v) is 2.95. The van der Waals surface area contributed by atoms with Crippen LogP contribution in [0.15, 0.2) is 21.8 Å². The Balaban J connectivity index is 2.79. The highest BCUT2D eigenvalue weighted by atomic mass is 32.2. The van der Waals surface area contributed by atoms with E-state index in [4.69, 9.17) is 4.42 Å². The topological polar surface area (TPSA) is 88.3 Å². The molecular weight excluding hydrogens is 364 g/mol. The maximum absolute atomic E-state index is 12.8. The van der Waals surface area contributed by atoms with Crippen LogP contribution >= 0.6 is 11.8 Å². The molecule has 0 aromatic carbocycles. The van der Waals surface area contributed by atoms with Crippen LogP contribution in [0.5, 0.6) is 0 Å². The number of nitrogens with one attached hydrogen (secondary N) is 1. The van der Waals surface area contributed by atoms with Gasteiger partial charge in [0.2, 0.25) is 11.7 Å². The predicted molar refractivity (Wildman–Crippen MR) is 108 cm³/mol. The second-order valence-corrected chi connectivity index (χ2v) is 9.33. The molecule has 8 heteroatoms. The van der Waals surface area contributed by atoms with Crippen LogP contribution in [0, 0.1) is 11.3 Å². The molecule has 0 bridgehead atoms. The van der Waals surface area contributed by atoms with Crippen LogP contribution in [-0.4, -0.2) is 59.2 Å². The van der Waals surface area contributed by atoms with Crippen LogP contribution in [0.2, 0.25) is 0 Å². The molecule has 1 N–H and O–H groups in total. The first-order valence-corrected chi connectivity index (χ1v) is 10.1. The van der Waals surface area contributed by atoms with Gasteiger partial charge in [-0.25, -0.2) is 0 Å². The normalized spacial score (nSPS) is 13.5. The van der Waals surface area contributed by atoms with Crippen LogP contribution in [0.3, 0.4) is 0 Å². The van der Waals surface area contributed by atoms with E-state index in [1.165, 1.54) is 17.8 Å². The molecule has 0 spiro atoms. The van der Waals surface area contributed by atoms with Crippen LogP contribution in [0.25, 0.3) is 0 Å². The Kier molecular flexibility index (Phi) is 9.18. The van der Waals surface area contributed by atoms with Crippen LogP contribution in [0.4, 0.5) is 0 Å². The third kappa shape index (κ3) is 9.72. The summed E-state index contributed by atoms with van der Waals surface area (Å²) in [7, 11) is 3.97. The summed E-state index contributed by atoms with van der Waals surface area (Å²) in [6.45, 7) is 10.9. The van der Waals surface area contributed by atoms with Gasteiger partial charge < -0.3 is 14.6 Å². The van der Waals surface area contributed by atoms with E-state index in [1.54, 1.807) is 0 Å². The maximum atomic E-state index is 12.8. The van der Waals surface area contributed by atoms with Crippen molar-refractivity contribution < 1.29 is 14.0 Å². The first kappa shape index (κ1) is 23.4. The number of Topliss-reactive ketones (excluding diaryl/α,β-unsaturated/α-hetero) is 1. The largest absolute Gasteiger partial charge is 0.408 e. The number of carbonyl (C=O) groups is 2. The maximum Gasteiger partial charge on any atom is 0.286 e. The van der Waals surface area contributed by atoms with Gasteiger partial charge in [-0.3, -0.25) is 9.59 Å². The zero-order chi connectivity index (χ0) is 20.6. The number of amides is 1. The van der Waals surface area contributed by atoms with Crippen molar-refractivity contribution in [2.45, 2.75) is 52.3 Å². The lowest BCUT2D eigenvalue weighted by molar-refractivity contribution is -0.117. The molecule has 1 unspecified atom stereocenters. The average molecular weight is 397 g/mol. The highest BCUT2D eigenvalue weighted by Gasteiger charge is 2.27. The van der Waals surface area contributed by atoms with Gasteiger partial charge in [0.25, 0.3) is 11.1 Å². The van der Waals surface area contributed by atoms with Gasteiger partial charge in [-0.1, -0.05) is 52.5 Å². The lowest BCUT2D eigenvalue weighted by atomic mass is 9.96. The van der Waals surface area contributed by atoms with Gasteiger partial charge in [0.05, 0.1) is 6.04 Å². The molecule has 1 atom stereocenters. The molecule has 0 radical (unpaired) electrons. The molecule has 1 aromatic rings. The van der Waals surface area contributed by atoms with Gasteiger partial charge in [-0.15, -0.1) is 10.2 Å². The van der Waals surface area contributed by atoms with Gasteiger partial charge in [0.15, 0.2) is 0 Å². The third-order valence-electron chi connectivity index (χ3n) is 3.46. The Hall–Kier alpha value is -1.67. The van der Waals surface area contributed by atoms with Crippen molar-refractivity contribution in [3.05, 3.63) is 18.0 Å². The highest BCUT2D eigenvalue weighted by Crippen LogP contribution is 2.18. The van der Waals surface area contributed by atoms with Crippen molar-refractivity contribution >= 4 is 23.5 Å². The molecule has 0 aliphatic heterocycles. The number of carbonyl (C=O) groups excluding carboxylic acids is 2. The summed E-state index contributed by atoms with van der Waals surface area (Å²) in [4.78, 5) is 27.0. The molecule has 1 amide bonds. The molecule has 0 aliphatic carbocycles. The monoisotopic (exact) mass is 396 g/mol. The molecule has 0 aliphatic rings. The molecular formula is C19H32N4O3S. The fraction of sp³-hybridized carbons (Fsp3) is 0.684. The Bertz CT molecular complexity index is 648. The molecule has 0 saturated heterocycles. The van der Waals surface area contributed by atoms with Gasteiger partial charge in [-0.2, -0.15) is 0 Å². The zero-order valence-corrected chi connectivity index (χ0v) is 18.2. The SMILES string of the molecule is CC(C)CC(NC(=O)C=CC(C)(C)C)C(=O)c1nnc(SCCN(C)C)o1. The van der Waals surface area contributed by atoms with E-state index >= 15 is 0 Å². The molecule has 0 fully saturated rings. The van der Waals surface area contributed by atoms with Crippen LogP contribution in [0.1, 0.15) is 51.7 Å². The summed E-state index contributed by atoms with van der Waals surface area (Å²) in [5.74, 6) is 0.292. The van der Waals surface area contributed by atoms with Crippen molar-refractivity contribution in [2.75, 3.05) is 26.4 Å². The molecule has 1 heterocycles. The fourth-order valence-electron chi connectivity index (χ4n) is 2.08. The molecule has 0 saturated carbocycles. The number of aromatic nitrogens is 2. The smallest absolute Gasteiger partial charge is 0.286 e. The Morgan fingerprint density at radius 3 is 2.48 bits per heavy atom. The third-order valence-corrected chi connectivity index (χ3v) is 4.25. The number of hydrogen-bond donors (Lipinski definition) is 1. The minimum absolute atomic E-state index is 0.0619. The van der Waals surface area contributed by atoms with E-state index in [-0.39, 0.29) is 28.9 Å². The summed E-state index contributed by atoms with van der Waals surface area (Å²) in [6, 6.07) is -0.692. The predicted octanol–water partition coefficient (Wildman–Crippen LogP) is 3.04. The van der Waals surface area contributed by atoms with E-state index in [9.17, 15) is 9.59 Å². The van der Waals surface area contributed by atoms with Crippen LogP contribution in [-0.2, 0) is 4.79 Å². The molecule has 152 valence electrons. The summed E-state index contributed by atoms with van der Waals surface area (Å²) in [6.07, 6.45) is 3.78. The van der Waals surface area contributed by atoms with Crippen molar-refractivity contribution in [1.82, 2.24) is 20.4 Å². The first-order chi connectivity index (χ1) is 12.5. The van der Waals surface area contributed by atoms with Gasteiger partial charge in [-0.05, 0) is 37.9 Å². The lowest BCUT2D eigenvalue weighted by Gasteiger charge is -2.17. The number of rotatable bonds is 10. The second kappa shape index (κ2) is 10.6. The molecule has 7 nitrogen and oxygen atoms in total. The summed E-state index contributed by atoms with van der Waals surface area (Å²) >= 11 is 1.40. The van der Waals surface area contributed by atoms with Crippen molar-refractivity contribution in [3.8, 4) is 0 Å². The Labute approximate surface area is 166 Å². The standard InChI is InChI=1S/C19H32N4O3S/c1-13(2)12-14(20-15(24)8-9-19(3,4)5)16(25)17-21-22-18(26-17)27-11-10-23(6)7/h8-9,13-14H,10-12H2,1-7H3,(H,20,24). The molecule has 1 aromatic heterocycles. The summed E-state index contributed by atoms with van der Waals surface area (Å²) < 4.78 is 5.49. The Morgan fingerprint density at radius 1 is 1.26 bits per heavy atom. The number of hydrogen-bond acceptors (Lipinski definition) is 7. The second-order valence-electron chi connectivity index (χ2n) is 8.28. The minimum Gasteiger partial charge on any atom is -0.408 e. The Morgan fingerprint density at radius 2 is 1.93 bits per heavy atom. The van der Waals surface area contributed by atoms with E-state index in [1.807, 2.05) is 54.8 Å². The average Bonchev–Trinajstić information content (AvgIpc) is 2.99. The van der Waals surface area contributed by atoms with E-state index < -0.39 is 6.04 Å². The molecule has 27 heavy (non-hydrogen) atoms. The van der Waals surface area contributed by atoms with Crippen molar-refractivity contribution in [2.24, 2.45) is 11.3 Å². The summed E-state index contributed by atoms with van der Waals surface area (Å²) in [5.41, 5.74) is -0.111. The number of thioether (sulfide) groups is 1. The van der Waals surface area contributed by atoms with Crippen molar-refractivity contribution in [1.29, 1.82) is 0 Å². The van der Waals surface area contributed by atoms with Gasteiger partial charge >= 0.3 is 0 Å². The highest BCUT2D eigenvalue weighted by molar-refractivity contribution is 7.99. The van der Waals surface area contributed by atoms with Gasteiger partial charge in [0, 0.05) is 12.3 Å². The van der Waals surface area contributed by atoms with E-state index in [0.717, 1.165) is 12.3 Å². The summed E-state index contributed by atoms with van der Waals surface area (Å²) in [5, 5.41) is 10.9. The quantitative estimate of drug-likeness (QED) is 0.369. The zero-order valence-electron chi connectivity index (χ0n) is 17.4. The number of ketones is 1. The van der Waals surface area contributed by atoms with E-state index in [0.29, 0.717) is 11.6 Å². The van der Waals surface area contributed by atoms with Crippen molar-refractivity contribution in [3.63, 3.8) is 0 Å². The minimum atomic E-state index is -0.692. The van der Waals surface area contributed by atoms with Crippen LogP contribution < -0.4 is 5.32 Å². The number of nitrogens with zero attached hydrogens (tertiary/aromatic N) is 3.